The number of benzene rings is 1. The molecule has 0 saturated carbocycles. The van der Waals surface area contributed by atoms with E-state index in [2.05, 4.69) is 5.32 Å². The van der Waals surface area contributed by atoms with Gasteiger partial charge >= 0.3 is 0 Å². The Hall–Kier alpha value is -1.02. The maximum Gasteiger partial charge on any atom is 0.134 e. The van der Waals surface area contributed by atoms with Gasteiger partial charge in [-0.05, 0) is 31.2 Å². The fraction of sp³-hybridized carbons (Fsp3) is 0.364. The van der Waals surface area contributed by atoms with E-state index >= 15 is 0 Å². The van der Waals surface area contributed by atoms with Gasteiger partial charge in [-0.1, -0.05) is 18.5 Å². The SMILES string of the molecule is CC(=O)C(C)CNc1ccc(Cl)cc1. The van der Waals surface area contributed by atoms with Gasteiger partial charge < -0.3 is 5.32 Å². The van der Waals surface area contributed by atoms with Gasteiger partial charge in [-0.3, -0.25) is 4.79 Å². The van der Waals surface area contributed by atoms with Gasteiger partial charge in [0.2, 0.25) is 0 Å². The first kappa shape index (κ1) is 11.1. The fourth-order valence-electron chi connectivity index (χ4n) is 0.982. The number of halogens is 1. The molecule has 0 bridgehead atoms. The summed E-state index contributed by atoms with van der Waals surface area (Å²) in [4.78, 5) is 11.0. The molecular formula is C11H14ClNO. The minimum atomic E-state index is 0.0469. The zero-order chi connectivity index (χ0) is 10.6. The lowest BCUT2D eigenvalue weighted by atomic mass is 10.1. The van der Waals surface area contributed by atoms with Crippen molar-refractivity contribution >= 4 is 23.1 Å². The first-order valence-corrected chi connectivity index (χ1v) is 4.97. The number of anilines is 1. The summed E-state index contributed by atoms with van der Waals surface area (Å²) in [6.45, 7) is 4.18. The van der Waals surface area contributed by atoms with Gasteiger partial charge in [0.15, 0.2) is 0 Å². The zero-order valence-electron chi connectivity index (χ0n) is 8.38. The maximum absolute atomic E-state index is 11.0. The van der Waals surface area contributed by atoms with Crippen molar-refractivity contribution in [1.82, 2.24) is 0 Å². The molecule has 1 N–H and O–H groups in total. The fourth-order valence-corrected chi connectivity index (χ4v) is 1.11. The summed E-state index contributed by atoms with van der Waals surface area (Å²) in [6, 6.07) is 7.44. The minimum absolute atomic E-state index is 0.0469. The highest BCUT2D eigenvalue weighted by Gasteiger charge is 2.06. The number of rotatable bonds is 4. The third-order valence-electron chi connectivity index (χ3n) is 2.15. The topological polar surface area (TPSA) is 29.1 Å². The Kier molecular flexibility index (Phi) is 3.96. The Morgan fingerprint density at radius 1 is 1.43 bits per heavy atom. The molecule has 1 aromatic carbocycles. The van der Waals surface area contributed by atoms with Crippen molar-refractivity contribution in [3.05, 3.63) is 29.3 Å². The number of nitrogens with one attached hydrogen (secondary N) is 1. The van der Waals surface area contributed by atoms with Crippen molar-refractivity contribution in [2.24, 2.45) is 5.92 Å². The van der Waals surface area contributed by atoms with Crippen LogP contribution in [0.15, 0.2) is 24.3 Å². The number of ketones is 1. The van der Waals surface area contributed by atoms with Crippen LogP contribution in [0.1, 0.15) is 13.8 Å². The predicted octanol–water partition coefficient (Wildman–Crippen LogP) is 2.98. The third kappa shape index (κ3) is 3.38. The number of carbonyl (C=O) groups is 1. The van der Waals surface area contributed by atoms with Crippen LogP contribution in [-0.4, -0.2) is 12.3 Å². The molecule has 2 nitrogen and oxygen atoms in total. The van der Waals surface area contributed by atoms with Crippen molar-refractivity contribution < 1.29 is 4.79 Å². The Morgan fingerprint density at radius 2 is 2.00 bits per heavy atom. The molecule has 0 radical (unpaired) electrons. The summed E-state index contributed by atoms with van der Waals surface area (Å²) < 4.78 is 0. The maximum atomic E-state index is 11.0. The summed E-state index contributed by atoms with van der Waals surface area (Å²) in [5, 5.41) is 3.89. The highest BCUT2D eigenvalue weighted by Crippen LogP contribution is 2.13. The smallest absolute Gasteiger partial charge is 0.134 e. The lowest BCUT2D eigenvalue weighted by Gasteiger charge is -2.10. The first-order chi connectivity index (χ1) is 6.59. The van der Waals surface area contributed by atoms with Gasteiger partial charge in [-0.15, -0.1) is 0 Å². The summed E-state index contributed by atoms with van der Waals surface area (Å²) in [7, 11) is 0. The van der Waals surface area contributed by atoms with Crippen LogP contribution >= 0.6 is 11.6 Å². The van der Waals surface area contributed by atoms with Crippen molar-refractivity contribution in [2.45, 2.75) is 13.8 Å². The summed E-state index contributed by atoms with van der Waals surface area (Å²) in [5.74, 6) is 0.247. The average Bonchev–Trinajstić information content (AvgIpc) is 2.16. The van der Waals surface area contributed by atoms with Gasteiger partial charge in [-0.25, -0.2) is 0 Å². The lowest BCUT2D eigenvalue weighted by Crippen LogP contribution is -2.17. The molecule has 1 atom stereocenters. The van der Waals surface area contributed by atoms with Crippen LogP contribution < -0.4 is 5.32 Å². The van der Waals surface area contributed by atoms with E-state index in [0.29, 0.717) is 6.54 Å². The minimum Gasteiger partial charge on any atom is -0.384 e. The summed E-state index contributed by atoms with van der Waals surface area (Å²) in [5.41, 5.74) is 0.988. The van der Waals surface area contributed by atoms with E-state index in [0.717, 1.165) is 10.7 Å². The molecule has 1 rings (SSSR count). The Bertz CT molecular complexity index is 308. The molecule has 0 saturated heterocycles. The van der Waals surface area contributed by atoms with Gasteiger partial charge in [0.1, 0.15) is 5.78 Å². The second-order valence-electron chi connectivity index (χ2n) is 3.40. The largest absolute Gasteiger partial charge is 0.384 e. The molecule has 0 aliphatic carbocycles. The standard InChI is InChI=1S/C11H14ClNO/c1-8(9(2)14)7-13-11-5-3-10(12)4-6-11/h3-6,8,13H,7H2,1-2H3. The first-order valence-electron chi connectivity index (χ1n) is 4.59. The van der Waals surface area contributed by atoms with Crippen LogP contribution in [0.3, 0.4) is 0 Å². The van der Waals surface area contributed by atoms with Gasteiger partial charge in [0, 0.05) is 23.2 Å². The molecule has 0 aromatic heterocycles. The summed E-state index contributed by atoms with van der Waals surface area (Å²) in [6.07, 6.45) is 0. The van der Waals surface area contributed by atoms with E-state index in [1.165, 1.54) is 0 Å². The molecule has 3 heteroatoms. The van der Waals surface area contributed by atoms with Crippen molar-refractivity contribution in [2.75, 3.05) is 11.9 Å². The third-order valence-corrected chi connectivity index (χ3v) is 2.40. The quantitative estimate of drug-likeness (QED) is 0.830. The van der Waals surface area contributed by atoms with Crippen LogP contribution in [0.2, 0.25) is 5.02 Å². The zero-order valence-corrected chi connectivity index (χ0v) is 9.14. The molecule has 14 heavy (non-hydrogen) atoms. The van der Waals surface area contributed by atoms with E-state index < -0.39 is 0 Å². The van der Waals surface area contributed by atoms with E-state index in [1.54, 1.807) is 6.92 Å². The van der Waals surface area contributed by atoms with E-state index in [1.807, 2.05) is 31.2 Å². The highest BCUT2D eigenvalue weighted by atomic mass is 35.5. The number of carbonyl (C=O) groups excluding carboxylic acids is 1. The Balaban J connectivity index is 2.46. The molecule has 76 valence electrons. The summed E-state index contributed by atoms with van der Waals surface area (Å²) >= 11 is 5.74. The number of hydrogen-bond acceptors (Lipinski definition) is 2. The monoisotopic (exact) mass is 211 g/mol. The van der Waals surface area contributed by atoms with E-state index in [-0.39, 0.29) is 11.7 Å². The van der Waals surface area contributed by atoms with Crippen LogP contribution in [-0.2, 0) is 4.79 Å². The second-order valence-corrected chi connectivity index (χ2v) is 3.84. The lowest BCUT2D eigenvalue weighted by molar-refractivity contribution is -0.119. The van der Waals surface area contributed by atoms with Crippen LogP contribution in [0, 0.1) is 5.92 Å². The Labute approximate surface area is 89.3 Å². The van der Waals surface area contributed by atoms with Gasteiger partial charge in [0.05, 0.1) is 0 Å². The van der Waals surface area contributed by atoms with Crippen molar-refractivity contribution in [3.63, 3.8) is 0 Å². The molecule has 0 amide bonds. The van der Waals surface area contributed by atoms with Crippen LogP contribution in [0.25, 0.3) is 0 Å². The molecular weight excluding hydrogens is 198 g/mol. The molecule has 0 spiro atoms. The van der Waals surface area contributed by atoms with Gasteiger partial charge in [-0.2, -0.15) is 0 Å². The molecule has 0 aliphatic heterocycles. The van der Waals surface area contributed by atoms with Crippen molar-refractivity contribution in [1.29, 1.82) is 0 Å². The molecule has 0 aliphatic rings. The van der Waals surface area contributed by atoms with Crippen LogP contribution in [0.4, 0.5) is 5.69 Å². The van der Waals surface area contributed by atoms with Crippen LogP contribution in [0.5, 0.6) is 0 Å². The normalized spacial score (nSPS) is 12.2. The molecule has 0 heterocycles. The average molecular weight is 212 g/mol. The molecule has 0 fully saturated rings. The van der Waals surface area contributed by atoms with Crippen molar-refractivity contribution in [3.8, 4) is 0 Å². The number of Topliss-reactive ketones (excluding diaryl/α,β-unsaturated/α-hetero) is 1. The second kappa shape index (κ2) is 5.01. The Morgan fingerprint density at radius 3 is 2.50 bits per heavy atom. The predicted molar refractivity (Wildman–Crippen MR) is 59.8 cm³/mol. The van der Waals surface area contributed by atoms with E-state index in [9.17, 15) is 4.79 Å². The number of hydrogen-bond donors (Lipinski definition) is 1. The molecule has 1 unspecified atom stereocenters. The highest BCUT2D eigenvalue weighted by molar-refractivity contribution is 6.30. The van der Waals surface area contributed by atoms with E-state index in [4.69, 9.17) is 11.6 Å². The van der Waals surface area contributed by atoms with Gasteiger partial charge in [0.25, 0.3) is 0 Å². The molecule has 1 aromatic rings.